The van der Waals surface area contributed by atoms with Gasteiger partial charge in [0.05, 0.1) is 0 Å². The Hall–Kier alpha value is -2.15. The summed E-state index contributed by atoms with van der Waals surface area (Å²) < 4.78 is 5.78. The van der Waals surface area contributed by atoms with Crippen molar-refractivity contribution in [3.8, 4) is 0 Å². The number of hydrogen-bond donors (Lipinski definition) is 3. The topological polar surface area (TPSA) is 119 Å². The number of carbonyl (C=O) groups excluding carboxylic acids is 2. The Morgan fingerprint density at radius 2 is 1.35 bits per heavy atom. The molecule has 0 bridgehead atoms. The van der Waals surface area contributed by atoms with Crippen molar-refractivity contribution in [2.24, 2.45) is 5.73 Å². The maximum absolute atomic E-state index is 12.4. The number of allylic oxidation sites excluding steroid dienone is 3. The summed E-state index contributed by atoms with van der Waals surface area (Å²) in [5, 5.41) is 11.8. The number of carboxylic acids is 1. The van der Waals surface area contributed by atoms with E-state index in [0.717, 1.165) is 57.8 Å². The van der Waals surface area contributed by atoms with Crippen LogP contribution in [-0.2, 0) is 19.1 Å². The van der Waals surface area contributed by atoms with Gasteiger partial charge < -0.3 is 20.9 Å². The van der Waals surface area contributed by atoms with Crippen molar-refractivity contribution in [2.75, 3.05) is 6.54 Å². The third-order valence-electron chi connectivity index (χ3n) is 6.95. The lowest BCUT2D eigenvalue weighted by molar-refractivity contribution is -0.147. The average molecular weight is 565 g/mol. The molecule has 0 spiro atoms. The predicted octanol–water partition coefficient (Wildman–Crippen LogP) is 7.77. The maximum atomic E-state index is 12.4. The lowest BCUT2D eigenvalue weighted by atomic mass is 10.1. The molecule has 2 atom stereocenters. The summed E-state index contributed by atoms with van der Waals surface area (Å²) in [4.78, 5) is 35.8. The van der Waals surface area contributed by atoms with Crippen LogP contribution in [0.25, 0.3) is 0 Å². The molecule has 0 aromatic heterocycles. The molecule has 40 heavy (non-hydrogen) atoms. The first-order chi connectivity index (χ1) is 19.4. The zero-order valence-electron chi connectivity index (χ0n) is 25.7. The monoisotopic (exact) mass is 564 g/mol. The molecule has 0 aliphatic rings. The van der Waals surface area contributed by atoms with Crippen LogP contribution in [0.5, 0.6) is 0 Å². The SMILES string of the molecule is CCC/C=C\C(CCCCCCC(=O)NC(CCCN)C(=O)O)OC(=O)CCCCCCC/C=C\CCCCC. The average Bonchev–Trinajstić information content (AvgIpc) is 2.93. The summed E-state index contributed by atoms with van der Waals surface area (Å²) in [7, 11) is 0. The van der Waals surface area contributed by atoms with Gasteiger partial charge in [-0.3, -0.25) is 9.59 Å². The largest absolute Gasteiger partial charge is 0.480 e. The van der Waals surface area contributed by atoms with E-state index >= 15 is 0 Å². The first kappa shape index (κ1) is 37.9. The summed E-state index contributed by atoms with van der Waals surface area (Å²) in [6.45, 7) is 4.76. The van der Waals surface area contributed by atoms with Crippen molar-refractivity contribution in [1.82, 2.24) is 5.32 Å². The molecule has 0 heterocycles. The molecule has 0 saturated carbocycles. The highest BCUT2D eigenvalue weighted by molar-refractivity contribution is 5.83. The van der Waals surface area contributed by atoms with Crippen LogP contribution in [0, 0.1) is 0 Å². The second-order valence-corrected chi connectivity index (χ2v) is 10.9. The Balaban J connectivity index is 4.09. The summed E-state index contributed by atoms with van der Waals surface area (Å²) in [6.07, 6.45) is 28.3. The van der Waals surface area contributed by atoms with Crippen LogP contribution in [0.1, 0.15) is 149 Å². The van der Waals surface area contributed by atoms with Crippen molar-refractivity contribution in [3.05, 3.63) is 24.3 Å². The molecule has 7 heteroatoms. The molecule has 0 aromatic rings. The maximum Gasteiger partial charge on any atom is 0.326 e. The lowest BCUT2D eigenvalue weighted by Crippen LogP contribution is -2.40. The van der Waals surface area contributed by atoms with Gasteiger partial charge in [-0.1, -0.05) is 83.4 Å². The molecule has 0 aliphatic heterocycles. The molecule has 1 amide bonds. The second-order valence-electron chi connectivity index (χ2n) is 10.9. The number of amides is 1. The second kappa shape index (κ2) is 28.4. The number of nitrogens with one attached hydrogen (secondary N) is 1. The van der Waals surface area contributed by atoms with E-state index in [4.69, 9.17) is 10.5 Å². The van der Waals surface area contributed by atoms with E-state index in [-0.39, 0.29) is 18.0 Å². The van der Waals surface area contributed by atoms with Crippen LogP contribution in [0.3, 0.4) is 0 Å². The Labute approximate surface area is 244 Å². The van der Waals surface area contributed by atoms with Gasteiger partial charge >= 0.3 is 11.9 Å². The predicted molar refractivity (Wildman–Crippen MR) is 165 cm³/mol. The van der Waals surface area contributed by atoms with Gasteiger partial charge in [0.25, 0.3) is 0 Å². The normalized spacial score (nSPS) is 13.1. The first-order valence-corrected chi connectivity index (χ1v) is 16.2. The molecule has 232 valence electrons. The first-order valence-electron chi connectivity index (χ1n) is 16.2. The highest BCUT2D eigenvalue weighted by Crippen LogP contribution is 2.14. The Bertz CT molecular complexity index is 692. The summed E-state index contributed by atoms with van der Waals surface area (Å²) in [6, 6.07) is -0.867. The fourth-order valence-corrected chi connectivity index (χ4v) is 4.48. The van der Waals surface area contributed by atoms with Crippen LogP contribution < -0.4 is 11.1 Å². The molecule has 0 rings (SSSR count). The van der Waals surface area contributed by atoms with Crippen molar-refractivity contribution < 1.29 is 24.2 Å². The van der Waals surface area contributed by atoms with Crippen molar-refractivity contribution >= 4 is 17.8 Å². The van der Waals surface area contributed by atoms with E-state index in [1.807, 2.05) is 6.08 Å². The van der Waals surface area contributed by atoms with Crippen molar-refractivity contribution in [2.45, 2.75) is 161 Å². The van der Waals surface area contributed by atoms with Crippen LogP contribution in [0.4, 0.5) is 0 Å². The number of aliphatic carboxylic acids is 1. The third-order valence-corrected chi connectivity index (χ3v) is 6.95. The van der Waals surface area contributed by atoms with Gasteiger partial charge in [-0.15, -0.1) is 0 Å². The van der Waals surface area contributed by atoms with E-state index in [2.05, 4.69) is 37.4 Å². The van der Waals surface area contributed by atoms with Crippen molar-refractivity contribution in [3.63, 3.8) is 0 Å². The van der Waals surface area contributed by atoms with E-state index in [1.165, 1.54) is 44.9 Å². The highest BCUT2D eigenvalue weighted by Gasteiger charge is 2.18. The van der Waals surface area contributed by atoms with Crippen molar-refractivity contribution in [1.29, 1.82) is 0 Å². The molecular weight excluding hydrogens is 504 g/mol. The summed E-state index contributed by atoms with van der Waals surface area (Å²) >= 11 is 0. The number of hydrogen-bond acceptors (Lipinski definition) is 5. The lowest BCUT2D eigenvalue weighted by Gasteiger charge is -2.15. The zero-order valence-corrected chi connectivity index (χ0v) is 25.7. The van der Waals surface area contributed by atoms with Crippen LogP contribution >= 0.6 is 0 Å². The molecule has 0 aliphatic carbocycles. The fourth-order valence-electron chi connectivity index (χ4n) is 4.48. The number of esters is 1. The highest BCUT2D eigenvalue weighted by atomic mass is 16.5. The van der Waals surface area contributed by atoms with Gasteiger partial charge in [0.1, 0.15) is 12.1 Å². The van der Waals surface area contributed by atoms with E-state index in [0.29, 0.717) is 38.6 Å². The smallest absolute Gasteiger partial charge is 0.326 e. The van der Waals surface area contributed by atoms with Crippen LogP contribution in [0.15, 0.2) is 24.3 Å². The summed E-state index contributed by atoms with van der Waals surface area (Å²) in [5.41, 5.74) is 5.44. The molecular formula is C33H60N2O5. The van der Waals surface area contributed by atoms with Gasteiger partial charge in [-0.05, 0) is 83.2 Å². The van der Waals surface area contributed by atoms with Gasteiger partial charge in [0, 0.05) is 12.8 Å². The standard InChI is InChI=1S/C33H60N2O5/c1-3-5-7-8-9-10-11-12-13-14-15-21-27-32(37)40-29(23-18-6-4-2)24-19-16-17-20-26-31(36)35-30(33(38)39)25-22-28-34/h9-10,18,23,29-30H,3-8,11-17,19-22,24-28,34H2,1-2H3,(H,35,36)(H,38,39)/b10-9-,23-18-. The zero-order chi connectivity index (χ0) is 29.7. The fraction of sp³-hybridized carbons (Fsp3) is 0.788. The molecule has 0 aromatic carbocycles. The number of nitrogens with two attached hydrogens (primary N) is 1. The van der Waals surface area contributed by atoms with Gasteiger partial charge in [0.15, 0.2) is 0 Å². The Kier molecular flexibility index (Phi) is 26.9. The minimum atomic E-state index is -1.02. The molecule has 0 saturated heterocycles. The molecule has 2 unspecified atom stereocenters. The van der Waals surface area contributed by atoms with Gasteiger partial charge in [-0.25, -0.2) is 4.79 Å². The number of unbranched alkanes of at least 4 members (excludes halogenated alkanes) is 12. The van der Waals surface area contributed by atoms with Gasteiger partial charge in [0.2, 0.25) is 5.91 Å². The molecule has 7 nitrogen and oxygen atoms in total. The van der Waals surface area contributed by atoms with E-state index in [9.17, 15) is 19.5 Å². The van der Waals surface area contributed by atoms with E-state index in [1.54, 1.807) is 0 Å². The van der Waals surface area contributed by atoms with Crippen LogP contribution in [-0.4, -0.2) is 41.6 Å². The Morgan fingerprint density at radius 1 is 0.725 bits per heavy atom. The van der Waals surface area contributed by atoms with E-state index < -0.39 is 12.0 Å². The number of ether oxygens (including phenoxy) is 1. The minimum Gasteiger partial charge on any atom is -0.480 e. The Morgan fingerprint density at radius 3 is 2.00 bits per heavy atom. The minimum absolute atomic E-state index is 0.111. The molecule has 4 N–H and O–H groups in total. The molecule has 0 fully saturated rings. The number of rotatable bonds is 28. The summed E-state index contributed by atoms with van der Waals surface area (Å²) in [5.74, 6) is -1.36. The van der Waals surface area contributed by atoms with Crippen LogP contribution in [0.2, 0.25) is 0 Å². The molecule has 0 radical (unpaired) electrons. The quantitative estimate of drug-likeness (QED) is 0.0507. The number of carboxylic acid groups (broad SMARTS) is 1. The third kappa shape index (κ3) is 24.9. The number of carbonyl (C=O) groups is 3. The van der Waals surface area contributed by atoms with Gasteiger partial charge in [-0.2, -0.15) is 0 Å².